The second kappa shape index (κ2) is 5.78. The van der Waals surface area contributed by atoms with E-state index in [1.54, 1.807) is 11.0 Å². The van der Waals surface area contributed by atoms with Gasteiger partial charge in [-0.1, -0.05) is 37.3 Å². The Morgan fingerprint density at radius 3 is 2.56 bits per heavy atom. The molecule has 4 nitrogen and oxygen atoms in total. The van der Waals surface area contributed by atoms with Crippen LogP contribution in [0.5, 0.6) is 0 Å². The molecule has 0 radical (unpaired) electrons. The Bertz CT molecular complexity index is 478. The van der Waals surface area contributed by atoms with Crippen molar-refractivity contribution in [1.82, 2.24) is 14.8 Å². The van der Waals surface area contributed by atoms with Gasteiger partial charge in [0.15, 0.2) is 0 Å². The molecular formula is C14H20N4. The molecule has 0 spiro atoms. The summed E-state index contributed by atoms with van der Waals surface area (Å²) >= 11 is 0. The van der Waals surface area contributed by atoms with Crippen LogP contribution in [-0.2, 0) is 13.5 Å². The van der Waals surface area contributed by atoms with Gasteiger partial charge in [0.25, 0.3) is 0 Å². The maximum Gasteiger partial charge on any atom is 0.138 e. The molecular weight excluding hydrogens is 224 g/mol. The first-order chi connectivity index (χ1) is 8.72. The van der Waals surface area contributed by atoms with E-state index < -0.39 is 0 Å². The Hall–Kier alpha value is -1.68. The second-order valence-electron chi connectivity index (χ2n) is 4.59. The van der Waals surface area contributed by atoms with Crippen molar-refractivity contribution in [2.75, 3.05) is 0 Å². The van der Waals surface area contributed by atoms with Crippen molar-refractivity contribution in [2.24, 2.45) is 12.8 Å². The summed E-state index contributed by atoms with van der Waals surface area (Å²) in [6.45, 7) is 2.17. The topological polar surface area (TPSA) is 56.7 Å². The van der Waals surface area contributed by atoms with E-state index in [0.717, 1.165) is 18.7 Å². The SMILES string of the molecule is CCC(c1ccccc1)C(N)Cc1ncnn1C. The van der Waals surface area contributed by atoms with Crippen LogP contribution in [0.15, 0.2) is 36.7 Å². The minimum atomic E-state index is 0.0697. The van der Waals surface area contributed by atoms with E-state index in [9.17, 15) is 0 Å². The van der Waals surface area contributed by atoms with Gasteiger partial charge in [0.05, 0.1) is 0 Å². The second-order valence-corrected chi connectivity index (χ2v) is 4.59. The Kier molecular flexibility index (Phi) is 4.10. The first-order valence-corrected chi connectivity index (χ1v) is 6.35. The van der Waals surface area contributed by atoms with Gasteiger partial charge in [-0.05, 0) is 17.9 Å². The Labute approximate surface area is 108 Å². The van der Waals surface area contributed by atoms with E-state index in [-0.39, 0.29) is 6.04 Å². The number of aryl methyl sites for hydroxylation is 1. The fourth-order valence-corrected chi connectivity index (χ4v) is 2.34. The molecule has 0 aliphatic carbocycles. The van der Waals surface area contributed by atoms with Gasteiger partial charge in [0, 0.05) is 19.5 Å². The zero-order valence-corrected chi connectivity index (χ0v) is 11.0. The van der Waals surface area contributed by atoms with Gasteiger partial charge in [0.1, 0.15) is 12.2 Å². The minimum Gasteiger partial charge on any atom is -0.327 e. The maximum atomic E-state index is 6.34. The van der Waals surface area contributed by atoms with Gasteiger partial charge in [0.2, 0.25) is 0 Å². The van der Waals surface area contributed by atoms with Crippen molar-refractivity contribution in [3.8, 4) is 0 Å². The summed E-state index contributed by atoms with van der Waals surface area (Å²) in [6.07, 6.45) is 3.36. The van der Waals surface area contributed by atoms with Crippen LogP contribution in [0.3, 0.4) is 0 Å². The molecule has 0 amide bonds. The molecule has 1 heterocycles. The third-order valence-electron chi connectivity index (χ3n) is 3.41. The smallest absolute Gasteiger partial charge is 0.138 e. The number of hydrogen-bond donors (Lipinski definition) is 1. The lowest BCUT2D eigenvalue weighted by Crippen LogP contribution is -2.31. The molecule has 2 atom stereocenters. The monoisotopic (exact) mass is 244 g/mol. The van der Waals surface area contributed by atoms with Gasteiger partial charge >= 0.3 is 0 Å². The van der Waals surface area contributed by atoms with Crippen molar-refractivity contribution >= 4 is 0 Å². The summed E-state index contributed by atoms with van der Waals surface area (Å²) in [5.41, 5.74) is 7.64. The summed E-state index contributed by atoms with van der Waals surface area (Å²) in [4.78, 5) is 4.24. The lowest BCUT2D eigenvalue weighted by atomic mass is 9.88. The lowest BCUT2D eigenvalue weighted by Gasteiger charge is -2.22. The van der Waals surface area contributed by atoms with Crippen LogP contribution in [0.4, 0.5) is 0 Å². The van der Waals surface area contributed by atoms with Gasteiger partial charge in [-0.2, -0.15) is 5.10 Å². The van der Waals surface area contributed by atoms with Gasteiger partial charge in [-0.25, -0.2) is 4.98 Å². The van der Waals surface area contributed by atoms with Crippen LogP contribution in [0, 0.1) is 0 Å². The first-order valence-electron chi connectivity index (χ1n) is 6.35. The molecule has 1 aromatic heterocycles. The molecule has 0 saturated carbocycles. The van der Waals surface area contributed by atoms with Crippen LogP contribution >= 0.6 is 0 Å². The highest BCUT2D eigenvalue weighted by molar-refractivity contribution is 5.21. The predicted octanol–water partition coefficient (Wildman–Crippen LogP) is 1.88. The molecule has 18 heavy (non-hydrogen) atoms. The van der Waals surface area contributed by atoms with Crippen LogP contribution in [0.2, 0.25) is 0 Å². The molecule has 2 rings (SSSR count). The van der Waals surface area contributed by atoms with Crippen molar-refractivity contribution in [3.05, 3.63) is 48.0 Å². The molecule has 2 N–H and O–H groups in total. The van der Waals surface area contributed by atoms with Crippen molar-refractivity contribution < 1.29 is 0 Å². The van der Waals surface area contributed by atoms with E-state index >= 15 is 0 Å². The molecule has 2 aromatic rings. The molecule has 0 bridgehead atoms. The number of aromatic nitrogens is 3. The Balaban J connectivity index is 2.11. The van der Waals surface area contributed by atoms with E-state index in [2.05, 4.69) is 41.3 Å². The molecule has 0 aliphatic rings. The largest absolute Gasteiger partial charge is 0.327 e. The highest BCUT2D eigenvalue weighted by Gasteiger charge is 2.19. The Morgan fingerprint density at radius 2 is 2.00 bits per heavy atom. The normalized spacial score (nSPS) is 14.4. The van der Waals surface area contributed by atoms with Crippen LogP contribution in [0.25, 0.3) is 0 Å². The lowest BCUT2D eigenvalue weighted by molar-refractivity contribution is 0.495. The average Bonchev–Trinajstić information content (AvgIpc) is 2.77. The highest BCUT2D eigenvalue weighted by Crippen LogP contribution is 2.23. The molecule has 0 fully saturated rings. The number of hydrogen-bond acceptors (Lipinski definition) is 3. The third kappa shape index (κ3) is 2.76. The first kappa shape index (κ1) is 12.8. The summed E-state index contributed by atoms with van der Waals surface area (Å²) in [7, 11) is 1.90. The quantitative estimate of drug-likeness (QED) is 0.873. The summed E-state index contributed by atoms with van der Waals surface area (Å²) in [5.74, 6) is 1.31. The zero-order chi connectivity index (χ0) is 13.0. The number of benzene rings is 1. The zero-order valence-electron chi connectivity index (χ0n) is 11.0. The highest BCUT2D eigenvalue weighted by atomic mass is 15.3. The average molecular weight is 244 g/mol. The van der Waals surface area contributed by atoms with Crippen LogP contribution in [0.1, 0.15) is 30.7 Å². The number of nitrogens with zero attached hydrogens (tertiary/aromatic N) is 3. The van der Waals surface area contributed by atoms with Crippen molar-refractivity contribution in [2.45, 2.75) is 31.7 Å². The maximum absolute atomic E-state index is 6.34. The van der Waals surface area contributed by atoms with E-state index in [4.69, 9.17) is 5.73 Å². The van der Waals surface area contributed by atoms with Gasteiger partial charge in [-0.3, -0.25) is 4.68 Å². The van der Waals surface area contributed by atoms with E-state index in [0.29, 0.717) is 5.92 Å². The van der Waals surface area contributed by atoms with Crippen molar-refractivity contribution in [1.29, 1.82) is 0 Å². The van der Waals surface area contributed by atoms with E-state index in [1.807, 2.05) is 13.1 Å². The summed E-state index contributed by atoms with van der Waals surface area (Å²) < 4.78 is 1.79. The molecule has 1 aromatic carbocycles. The minimum absolute atomic E-state index is 0.0697. The molecule has 0 aliphatic heterocycles. The van der Waals surface area contributed by atoms with E-state index in [1.165, 1.54) is 5.56 Å². The van der Waals surface area contributed by atoms with Crippen LogP contribution in [-0.4, -0.2) is 20.8 Å². The standard InChI is InChI=1S/C14H20N4/c1-3-12(11-7-5-4-6-8-11)13(15)9-14-16-10-17-18(14)2/h4-8,10,12-13H,3,9,15H2,1-2H3. The molecule has 2 unspecified atom stereocenters. The van der Waals surface area contributed by atoms with Crippen molar-refractivity contribution in [3.63, 3.8) is 0 Å². The summed E-state index contributed by atoms with van der Waals surface area (Å²) in [6, 6.07) is 10.5. The fourth-order valence-electron chi connectivity index (χ4n) is 2.34. The fraction of sp³-hybridized carbons (Fsp3) is 0.429. The molecule has 96 valence electrons. The van der Waals surface area contributed by atoms with Crippen LogP contribution < -0.4 is 5.73 Å². The molecule has 0 saturated heterocycles. The predicted molar refractivity (Wildman–Crippen MR) is 72.2 cm³/mol. The Morgan fingerprint density at radius 1 is 1.28 bits per heavy atom. The molecule has 4 heteroatoms. The number of nitrogens with two attached hydrogens (primary N) is 1. The van der Waals surface area contributed by atoms with Gasteiger partial charge in [-0.15, -0.1) is 0 Å². The third-order valence-corrected chi connectivity index (χ3v) is 3.41. The van der Waals surface area contributed by atoms with Gasteiger partial charge < -0.3 is 5.73 Å². The summed E-state index contributed by atoms with van der Waals surface area (Å²) in [5, 5.41) is 4.08. The number of rotatable bonds is 5.